The van der Waals surface area contributed by atoms with E-state index in [1.54, 1.807) is 0 Å². The van der Waals surface area contributed by atoms with Gasteiger partial charge in [0.25, 0.3) is 0 Å². The number of carbonyl (C=O) groups excluding carboxylic acids is 1. The van der Waals surface area contributed by atoms with Crippen LogP contribution in [0.1, 0.15) is 48.4 Å². The highest BCUT2D eigenvalue weighted by Crippen LogP contribution is 2.45. The molecule has 0 radical (unpaired) electrons. The van der Waals surface area contributed by atoms with Crippen molar-refractivity contribution in [3.63, 3.8) is 0 Å². The van der Waals surface area contributed by atoms with Crippen LogP contribution in [0.3, 0.4) is 0 Å². The molecular weight excluding hydrogens is 352 g/mol. The molecule has 6 heteroatoms. The van der Waals surface area contributed by atoms with Gasteiger partial charge in [0, 0.05) is 25.2 Å². The molecule has 1 aliphatic heterocycles. The first-order valence-corrected chi connectivity index (χ1v) is 9.13. The summed E-state index contributed by atoms with van der Waals surface area (Å²) in [5, 5.41) is 9.50. The summed E-state index contributed by atoms with van der Waals surface area (Å²) in [6.07, 6.45) is 1.51. The number of cyclic esters (lactones) is 1. The van der Waals surface area contributed by atoms with Crippen LogP contribution >= 0.6 is 12.2 Å². The summed E-state index contributed by atoms with van der Waals surface area (Å²) in [7, 11) is 1.41. The maximum atomic E-state index is 12.9. The minimum absolute atomic E-state index is 0.0864. The lowest BCUT2D eigenvalue weighted by molar-refractivity contribution is -0.148. The summed E-state index contributed by atoms with van der Waals surface area (Å²) < 4.78 is 16.6. The molecule has 1 heterocycles. The minimum atomic E-state index is -1.04. The van der Waals surface area contributed by atoms with Gasteiger partial charge in [0.1, 0.15) is 5.57 Å². The van der Waals surface area contributed by atoms with Crippen molar-refractivity contribution < 1.29 is 24.1 Å². The van der Waals surface area contributed by atoms with Crippen molar-refractivity contribution in [2.24, 2.45) is 0 Å². The predicted molar refractivity (Wildman–Crippen MR) is 104 cm³/mol. The van der Waals surface area contributed by atoms with Gasteiger partial charge in [-0.15, -0.1) is 0 Å². The number of hydrogen-bond donors (Lipinski definition) is 1. The summed E-state index contributed by atoms with van der Waals surface area (Å²) >= 11 is 5.08. The average Bonchev–Trinajstić information content (AvgIpc) is 2.80. The van der Waals surface area contributed by atoms with Gasteiger partial charge in [0.05, 0.1) is 7.11 Å². The number of rotatable bonds is 6. The lowest BCUT2D eigenvalue weighted by atomic mass is 9.87. The lowest BCUT2D eigenvalue weighted by Crippen LogP contribution is -2.35. The number of carbonyl (C=O) groups is 1. The van der Waals surface area contributed by atoms with Crippen molar-refractivity contribution in [2.75, 3.05) is 13.7 Å². The number of ether oxygens (including phenoxy) is 3. The number of esters is 1. The van der Waals surface area contributed by atoms with E-state index in [0.717, 1.165) is 28.7 Å². The predicted octanol–water partition coefficient (Wildman–Crippen LogP) is 3.75. The third kappa shape index (κ3) is 3.76. The first kappa shape index (κ1) is 20.4. The SMILES string of the molecule is CCCC1(CCO)OC(=O)C(c2c(C)cc(C)cc2C)=C1OC(=S)OC. The summed E-state index contributed by atoms with van der Waals surface area (Å²) in [5.41, 5.74) is 3.13. The van der Waals surface area contributed by atoms with E-state index in [1.807, 2.05) is 39.8 Å². The third-order valence-corrected chi connectivity index (χ3v) is 4.83. The van der Waals surface area contributed by atoms with Crippen molar-refractivity contribution in [2.45, 2.75) is 52.6 Å². The van der Waals surface area contributed by atoms with E-state index in [4.69, 9.17) is 26.4 Å². The molecule has 0 saturated carbocycles. The summed E-state index contributed by atoms with van der Waals surface area (Å²) in [5.74, 6) is -0.129. The molecule has 0 bridgehead atoms. The van der Waals surface area contributed by atoms with Crippen LogP contribution in [-0.4, -0.2) is 35.6 Å². The maximum absolute atomic E-state index is 12.9. The number of aliphatic hydroxyl groups is 1. The van der Waals surface area contributed by atoms with Crippen molar-refractivity contribution >= 4 is 29.0 Å². The molecule has 0 aromatic heterocycles. The van der Waals surface area contributed by atoms with Crippen LogP contribution in [0.4, 0.5) is 0 Å². The van der Waals surface area contributed by atoms with Gasteiger partial charge in [-0.25, -0.2) is 4.79 Å². The second-order valence-corrected chi connectivity index (χ2v) is 6.97. The summed E-state index contributed by atoms with van der Waals surface area (Å²) in [6, 6.07) is 4.03. The fourth-order valence-corrected chi connectivity index (χ4v) is 3.78. The molecule has 0 fully saturated rings. The van der Waals surface area contributed by atoms with Crippen molar-refractivity contribution in [1.29, 1.82) is 0 Å². The molecule has 2 rings (SSSR count). The Morgan fingerprint density at radius 1 is 1.23 bits per heavy atom. The van der Waals surface area contributed by atoms with Gasteiger partial charge in [-0.1, -0.05) is 31.0 Å². The van der Waals surface area contributed by atoms with Gasteiger partial charge >= 0.3 is 11.2 Å². The highest BCUT2D eigenvalue weighted by molar-refractivity contribution is 7.79. The zero-order valence-electron chi connectivity index (χ0n) is 16.0. The number of hydrogen-bond acceptors (Lipinski definition) is 6. The zero-order valence-corrected chi connectivity index (χ0v) is 16.8. The maximum Gasteiger partial charge on any atom is 0.357 e. The number of aliphatic hydroxyl groups excluding tert-OH is 1. The molecule has 26 heavy (non-hydrogen) atoms. The second-order valence-electron chi connectivity index (χ2n) is 6.64. The Kier molecular flexibility index (Phi) is 6.42. The quantitative estimate of drug-likeness (QED) is 0.601. The van der Waals surface area contributed by atoms with Crippen LogP contribution in [-0.2, 0) is 19.0 Å². The summed E-state index contributed by atoms with van der Waals surface area (Å²) in [6.45, 7) is 7.76. The third-order valence-electron chi connectivity index (χ3n) is 4.58. The Bertz CT molecular complexity index is 722. The van der Waals surface area contributed by atoms with Crippen molar-refractivity contribution in [3.05, 3.63) is 40.1 Å². The Hall–Kier alpha value is -1.92. The number of methoxy groups -OCH3 is 1. The van der Waals surface area contributed by atoms with E-state index in [0.29, 0.717) is 17.8 Å². The molecule has 1 aromatic rings. The Morgan fingerprint density at radius 2 is 1.85 bits per heavy atom. The van der Waals surface area contributed by atoms with Crippen LogP contribution in [0.15, 0.2) is 17.9 Å². The van der Waals surface area contributed by atoms with Crippen LogP contribution in [0, 0.1) is 20.8 Å². The van der Waals surface area contributed by atoms with E-state index in [-0.39, 0.29) is 18.3 Å². The molecule has 0 spiro atoms. The van der Waals surface area contributed by atoms with Gasteiger partial charge in [-0.2, -0.15) is 0 Å². The summed E-state index contributed by atoms with van der Waals surface area (Å²) in [4.78, 5) is 12.9. The molecule has 1 N–H and O–H groups in total. The Balaban J connectivity index is 2.75. The fourth-order valence-electron chi connectivity index (χ4n) is 3.69. The van der Waals surface area contributed by atoms with Gasteiger partial charge in [0.15, 0.2) is 11.4 Å². The van der Waals surface area contributed by atoms with E-state index in [1.165, 1.54) is 7.11 Å². The highest BCUT2D eigenvalue weighted by Gasteiger charge is 2.50. The normalized spacial score (nSPS) is 19.5. The van der Waals surface area contributed by atoms with E-state index in [9.17, 15) is 9.90 Å². The average molecular weight is 378 g/mol. The van der Waals surface area contributed by atoms with Crippen molar-refractivity contribution in [1.82, 2.24) is 0 Å². The molecule has 142 valence electrons. The zero-order chi connectivity index (χ0) is 19.5. The minimum Gasteiger partial charge on any atom is -0.460 e. The standard InChI is InChI=1S/C20H26O5S/c1-6-7-20(8-9-21)17(24-19(26)23-5)16(18(22)25-20)15-13(3)10-12(2)11-14(15)4/h10-11,21H,6-9H2,1-5H3. The first-order chi connectivity index (χ1) is 12.3. The molecule has 1 aliphatic rings. The van der Waals surface area contributed by atoms with Gasteiger partial charge in [-0.3, -0.25) is 0 Å². The number of benzene rings is 1. The topological polar surface area (TPSA) is 65.0 Å². The lowest BCUT2D eigenvalue weighted by Gasteiger charge is -2.29. The molecule has 1 aromatic carbocycles. The second kappa shape index (κ2) is 8.18. The van der Waals surface area contributed by atoms with Gasteiger partial charge < -0.3 is 19.3 Å². The Labute approximate surface area is 160 Å². The molecule has 1 unspecified atom stereocenters. The largest absolute Gasteiger partial charge is 0.460 e. The number of aryl methyl sites for hydroxylation is 3. The molecular formula is C20H26O5S. The monoisotopic (exact) mass is 378 g/mol. The first-order valence-electron chi connectivity index (χ1n) is 8.72. The molecule has 0 amide bonds. The molecule has 1 atom stereocenters. The smallest absolute Gasteiger partial charge is 0.357 e. The van der Waals surface area contributed by atoms with E-state index >= 15 is 0 Å². The van der Waals surface area contributed by atoms with Gasteiger partial charge in [0.2, 0.25) is 0 Å². The number of thiocarbonyl (C=S) groups is 1. The van der Waals surface area contributed by atoms with Gasteiger partial charge in [-0.05, 0) is 43.9 Å². The van der Waals surface area contributed by atoms with Crippen LogP contribution in [0.5, 0.6) is 0 Å². The molecule has 0 saturated heterocycles. The molecule has 5 nitrogen and oxygen atoms in total. The van der Waals surface area contributed by atoms with E-state index < -0.39 is 11.6 Å². The fraction of sp³-hybridized carbons (Fsp3) is 0.500. The van der Waals surface area contributed by atoms with Crippen LogP contribution in [0.25, 0.3) is 5.57 Å². The molecule has 0 aliphatic carbocycles. The highest BCUT2D eigenvalue weighted by atomic mass is 32.1. The van der Waals surface area contributed by atoms with Crippen LogP contribution < -0.4 is 0 Å². The Morgan fingerprint density at radius 3 is 2.35 bits per heavy atom. The van der Waals surface area contributed by atoms with E-state index in [2.05, 4.69) is 0 Å². The van der Waals surface area contributed by atoms with Crippen molar-refractivity contribution in [3.8, 4) is 0 Å². The van der Waals surface area contributed by atoms with Crippen LogP contribution in [0.2, 0.25) is 0 Å².